The summed E-state index contributed by atoms with van der Waals surface area (Å²) in [6, 6.07) is 7.88. The number of thioether (sulfide) groups is 1. The summed E-state index contributed by atoms with van der Waals surface area (Å²) in [5.41, 5.74) is 1.37. The molecule has 0 radical (unpaired) electrons. The Kier molecular flexibility index (Phi) is 5.26. The molecule has 2 aromatic rings. The molecule has 1 fully saturated rings. The highest BCUT2D eigenvalue weighted by Gasteiger charge is 2.32. The molecule has 1 aliphatic heterocycles. The zero-order valence-corrected chi connectivity index (χ0v) is 15.1. The van der Waals surface area contributed by atoms with E-state index in [2.05, 4.69) is 9.97 Å². The number of benzene rings is 1. The molecule has 1 aromatic carbocycles. The van der Waals surface area contributed by atoms with Gasteiger partial charge in [-0.05, 0) is 36.8 Å². The van der Waals surface area contributed by atoms with Gasteiger partial charge in [0.25, 0.3) is 5.91 Å². The van der Waals surface area contributed by atoms with Gasteiger partial charge in [0, 0.05) is 6.54 Å². The second kappa shape index (κ2) is 7.40. The Bertz CT molecular complexity index is 739. The molecule has 1 aliphatic rings. The minimum Gasteiger partial charge on any atom is -0.497 e. The number of methoxy groups -OCH3 is 1. The number of nitrogens with zero attached hydrogens (tertiary/aromatic N) is 3. The van der Waals surface area contributed by atoms with E-state index in [-0.39, 0.29) is 22.7 Å². The molecule has 5 nitrogen and oxygen atoms in total. The maximum atomic E-state index is 13.0. The topological polar surface area (TPSA) is 55.3 Å². The van der Waals surface area contributed by atoms with Crippen molar-refractivity contribution >= 4 is 29.3 Å². The first kappa shape index (κ1) is 17.0. The van der Waals surface area contributed by atoms with E-state index in [1.54, 1.807) is 7.11 Å². The van der Waals surface area contributed by atoms with Gasteiger partial charge in [0.15, 0.2) is 10.9 Å². The summed E-state index contributed by atoms with van der Waals surface area (Å²) in [4.78, 5) is 23.2. The normalized spacial score (nSPS) is 17.1. The van der Waals surface area contributed by atoms with E-state index in [1.165, 1.54) is 18.0 Å². The third-order valence-corrected chi connectivity index (χ3v) is 4.96. The Balaban J connectivity index is 1.88. The lowest BCUT2D eigenvalue weighted by Gasteiger charge is -2.25. The summed E-state index contributed by atoms with van der Waals surface area (Å²) in [5.74, 6) is 0.661. The fraction of sp³-hybridized carbons (Fsp3) is 0.353. The van der Waals surface area contributed by atoms with Gasteiger partial charge in [0.05, 0.1) is 24.4 Å². The van der Waals surface area contributed by atoms with E-state index in [4.69, 9.17) is 16.3 Å². The number of amides is 1. The number of aromatic nitrogens is 2. The monoisotopic (exact) mass is 363 g/mol. The van der Waals surface area contributed by atoms with Gasteiger partial charge >= 0.3 is 0 Å². The molecular formula is C17H18ClN3O2S. The third kappa shape index (κ3) is 3.35. The lowest BCUT2D eigenvalue weighted by Crippen LogP contribution is -2.31. The predicted molar refractivity (Wildman–Crippen MR) is 94.8 cm³/mol. The van der Waals surface area contributed by atoms with Crippen LogP contribution < -0.4 is 4.74 Å². The largest absolute Gasteiger partial charge is 0.497 e. The second-order valence-corrected chi connectivity index (χ2v) is 6.66. The minimum absolute atomic E-state index is 0.0344. The van der Waals surface area contributed by atoms with Crippen LogP contribution in [0.5, 0.6) is 5.75 Å². The molecule has 0 bridgehead atoms. The van der Waals surface area contributed by atoms with Crippen molar-refractivity contribution in [3.05, 3.63) is 46.7 Å². The van der Waals surface area contributed by atoms with Gasteiger partial charge in [-0.3, -0.25) is 4.79 Å². The predicted octanol–water partition coefficient (Wildman–Crippen LogP) is 3.84. The number of likely N-dealkylation sites (tertiary alicyclic amines) is 1. The van der Waals surface area contributed by atoms with Crippen LogP contribution in [0.15, 0.2) is 35.6 Å². The Morgan fingerprint density at radius 2 is 2.12 bits per heavy atom. The maximum absolute atomic E-state index is 13.0. The number of hydrogen-bond acceptors (Lipinski definition) is 5. The summed E-state index contributed by atoms with van der Waals surface area (Å²) in [7, 11) is 1.64. The fourth-order valence-corrected chi connectivity index (χ4v) is 3.43. The van der Waals surface area contributed by atoms with Crippen LogP contribution >= 0.6 is 23.4 Å². The van der Waals surface area contributed by atoms with Crippen LogP contribution in [0.25, 0.3) is 0 Å². The number of ether oxygens (including phenoxy) is 1. The average Bonchev–Trinajstić information content (AvgIpc) is 3.11. The summed E-state index contributed by atoms with van der Waals surface area (Å²) < 4.78 is 5.20. The first-order chi connectivity index (χ1) is 11.6. The lowest BCUT2D eigenvalue weighted by molar-refractivity contribution is 0.0728. The van der Waals surface area contributed by atoms with Crippen molar-refractivity contribution in [2.24, 2.45) is 0 Å². The van der Waals surface area contributed by atoms with Gasteiger partial charge in [0.2, 0.25) is 0 Å². The lowest BCUT2D eigenvalue weighted by atomic mass is 10.0. The van der Waals surface area contributed by atoms with Gasteiger partial charge in [-0.15, -0.1) is 0 Å². The van der Waals surface area contributed by atoms with Crippen molar-refractivity contribution in [1.82, 2.24) is 14.9 Å². The van der Waals surface area contributed by atoms with Crippen molar-refractivity contribution in [2.75, 3.05) is 19.9 Å². The number of carbonyl (C=O) groups excluding carboxylic acids is 1. The Morgan fingerprint density at radius 1 is 1.38 bits per heavy atom. The highest BCUT2D eigenvalue weighted by molar-refractivity contribution is 7.98. The molecule has 0 saturated carbocycles. The number of hydrogen-bond donors (Lipinski definition) is 0. The molecule has 1 saturated heterocycles. The van der Waals surface area contributed by atoms with Crippen molar-refractivity contribution in [1.29, 1.82) is 0 Å². The van der Waals surface area contributed by atoms with E-state index >= 15 is 0 Å². The van der Waals surface area contributed by atoms with E-state index in [1.807, 2.05) is 35.4 Å². The molecule has 0 spiro atoms. The minimum atomic E-state index is -0.143. The molecular weight excluding hydrogens is 346 g/mol. The van der Waals surface area contributed by atoms with Crippen LogP contribution in [-0.2, 0) is 0 Å². The third-order valence-electron chi connectivity index (χ3n) is 4.12. The van der Waals surface area contributed by atoms with Gasteiger partial charge in [0.1, 0.15) is 5.75 Å². The first-order valence-corrected chi connectivity index (χ1v) is 9.25. The number of carbonyl (C=O) groups is 1. The molecule has 1 aromatic heterocycles. The molecule has 7 heteroatoms. The Hall–Kier alpha value is -1.79. The Labute approximate surface area is 150 Å². The smallest absolute Gasteiger partial charge is 0.274 e. The molecule has 0 aliphatic carbocycles. The zero-order valence-electron chi connectivity index (χ0n) is 13.5. The highest BCUT2D eigenvalue weighted by Crippen LogP contribution is 2.34. The summed E-state index contributed by atoms with van der Waals surface area (Å²) in [5, 5.41) is 0.834. The molecule has 3 rings (SSSR count). The zero-order chi connectivity index (χ0) is 17.1. The molecule has 1 atom stereocenters. The second-order valence-electron chi connectivity index (χ2n) is 5.48. The van der Waals surface area contributed by atoms with E-state index < -0.39 is 0 Å². The van der Waals surface area contributed by atoms with Gasteiger partial charge < -0.3 is 9.64 Å². The van der Waals surface area contributed by atoms with Crippen LogP contribution in [0.3, 0.4) is 0 Å². The standard InChI is InChI=1S/C17H18ClN3O2S/c1-23-12-7-5-11(6-8-12)14-4-3-9-21(14)16(22)15-13(18)10-19-17(20-15)24-2/h5-8,10,14H,3-4,9H2,1-2H3/t14-/m1/s1. The van der Waals surface area contributed by atoms with Crippen LogP contribution in [0, 0.1) is 0 Å². The molecule has 126 valence electrons. The first-order valence-electron chi connectivity index (χ1n) is 7.65. The number of halogens is 1. The summed E-state index contributed by atoms with van der Waals surface area (Å²) >= 11 is 7.55. The van der Waals surface area contributed by atoms with Gasteiger partial charge in [-0.1, -0.05) is 35.5 Å². The van der Waals surface area contributed by atoms with Crippen LogP contribution in [-0.4, -0.2) is 40.7 Å². The summed E-state index contributed by atoms with van der Waals surface area (Å²) in [6.07, 6.45) is 5.25. The molecule has 0 unspecified atom stereocenters. The van der Waals surface area contributed by atoms with Crippen LogP contribution in [0.2, 0.25) is 5.02 Å². The van der Waals surface area contributed by atoms with Crippen molar-refractivity contribution < 1.29 is 9.53 Å². The quantitative estimate of drug-likeness (QED) is 0.610. The molecule has 2 heterocycles. The van der Waals surface area contributed by atoms with Crippen molar-refractivity contribution in [3.63, 3.8) is 0 Å². The highest BCUT2D eigenvalue weighted by atomic mass is 35.5. The molecule has 1 amide bonds. The van der Waals surface area contributed by atoms with Crippen LogP contribution in [0.4, 0.5) is 0 Å². The number of rotatable bonds is 4. The van der Waals surface area contributed by atoms with E-state index in [0.717, 1.165) is 24.2 Å². The molecule has 24 heavy (non-hydrogen) atoms. The van der Waals surface area contributed by atoms with Gasteiger partial charge in [-0.25, -0.2) is 9.97 Å². The van der Waals surface area contributed by atoms with Gasteiger partial charge in [-0.2, -0.15) is 0 Å². The SMILES string of the molecule is COc1ccc([C@H]2CCCN2C(=O)c2nc(SC)ncc2Cl)cc1. The van der Waals surface area contributed by atoms with Crippen molar-refractivity contribution in [3.8, 4) is 5.75 Å². The molecule has 0 N–H and O–H groups in total. The van der Waals surface area contributed by atoms with Crippen molar-refractivity contribution in [2.45, 2.75) is 24.0 Å². The van der Waals surface area contributed by atoms with Crippen LogP contribution in [0.1, 0.15) is 34.9 Å². The van der Waals surface area contributed by atoms with E-state index in [9.17, 15) is 4.79 Å². The Morgan fingerprint density at radius 3 is 2.79 bits per heavy atom. The fourth-order valence-electron chi connectivity index (χ4n) is 2.92. The maximum Gasteiger partial charge on any atom is 0.274 e. The average molecular weight is 364 g/mol. The van der Waals surface area contributed by atoms with E-state index in [0.29, 0.717) is 11.7 Å². The summed E-state index contributed by atoms with van der Waals surface area (Å²) in [6.45, 7) is 0.699.